The number of benzene rings is 2. The summed E-state index contributed by atoms with van der Waals surface area (Å²) < 4.78 is 18.7. The first kappa shape index (κ1) is 17.5. The van der Waals surface area contributed by atoms with Crippen LogP contribution >= 0.6 is 0 Å². The zero-order valence-electron chi connectivity index (χ0n) is 14.3. The first-order chi connectivity index (χ1) is 12.5. The molecule has 0 saturated heterocycles. The molecule has 0 spiro atoms. The summed E-state index contributed by atoms with van der Waals surface area (Å²) >= 11 is 0. The lowest BCUT2D eigenvalue weighted by molar-refractivity contribution is -0.113. The van der Waals surface area contributed by atoms with Gasteiger partial charge in [-0.2, -0.15) is 0 Å². The smallest absolute Gasteiger partial charge is 0.319 e. The van der Waals surface area contributed by atoms with Gasteiger partial charge < -0.3 is 20.7 Å². The maximum Gasteiger partial charge on any atom is 0.319 e. The molecule has 0 aromatic heterocycles. The van der Waals surface area contributed by atoms with Gasteiger partial charge in [-0.15, -0.1) is 0 Å². The van der Waals surface area contributed by atoms with Crippen molar-refractivity contribution in [2.45, 2.75) is 13.0 Å². The first-order valence-corrected chi connectivity index (χ1v) is 7.97. The summed E-state index contributed by atoms with van der Waals surface area (Å²) in [5.74, 6) is -0.167. The van der Waals surface area contributed by atoms with Crippen molar-refractivity contribution in [3.05, 3.63) is 71.2 Å². The molecule has 0 aliphatic carbocycles. The fourth-order valence-electron chi connectivity index (χ4n) is 2.80. The van der Waals surface area contributed by atoms with Crippen LogP contribution in [0.5, 0.6) is 5.75 Å². The number of urea groups is 1. The third kappa shape index (κ3) is 3.66. The monoisotopic (exact) mass is 355 g/mol. The van der Waals surface area contributed by atoms with Gasteiger partial charge in [0.2, 0.25) is 0 Å². The minimum atomic E-state index is -0.752. The third-order valence-corrected chi connectivity index (χ3v) is 4.04. The summed E-state index contributed by atoms with van der Waals surface area (Å²) in [6.45, 7) is 1.63. The number of ether oxygens (including phenoxy) is 1. The summed E-state index contributed by atoms with van der Waals surface area (Å²) in [6.07, 6.45) is 0. The van der Waals surface area contributed by atoms with E-state index in [9.17, 15) is 14.0 Å². The van der Waals surface area contributed by atoms with Gasteiger partial charge in [0.15, 0.2) is 0 Å². The van der Waals surface area contributed by atoms with Crippen molar-refractivity contribution in [1.82, 2.24) is 10.6 Å². The van der Waals surface area contributed by atoms with Crippen molar-refractivity contribution in [2.75, 3.05) is 12.4 Å². The van der Waals surface area contributed by atoms with Crippen LogP contribution in [0.25, 0.3) is 0 Å². The Balaban J connectivity index is 1.91. The summed E-state index contributed by atoms with van der Waals surface area (Å²) in [5.41, 5.74) is 1.78. The molecule has 3 N–H and O–H groups in total. The van der Waals surface area contributed by atoms with Crippen LogP contribution in [0.1, 0.15) is 18.5 Å². The van der Waals surface area contributed by atoms with Gasteiger partial charge in [0, 0.05) is 11.4 Å². The van der Waals surface area contributed by atoms with Crippen LogP contribution in [0.15, 0.2) is 59.8 Å². The molecular weight excluding hydrogens is 337 g/mol. The fourth-order valence-corrected chi connectivity index (χ4v) is 2.80. The molecule has 0 radical (unpaired) electrons. The summed E-state index contributed by atoms with van der Waals surface area (Å²) in [7, 11) is 1.56. The Hall–Kier alpha value is -3.35. The molecule has 7 heteroatoms. The van der Waals surface area contributed by atoms with Crippen LogP contribution in [0.2, 0.25) is 0 Å². The number of hydrogen-bond acceptors (Lipinski definition) is 3. The van der Waals surface area contributed by atoms with Crippen molar-refractivity contribution in [2.24, 2.45) is 0 Å². The van der Waals surface area contributed by atoms with Gasteiger partial charge in [-0.3, -0.25) is 4.79 Å². The van der Waals surface area contributed by atoms with Crippen LogP contribution in [-0.2, 0) is 4.79 Å². The van der Waals surface area contributed by atoms with E-state index < -0.39 is 23.8 Å². The van der Waals surface area contributed by atoms with Crippen LogP contribution in [-0.4, -0.2) is 19.0 Å². The van der Waals surface area contributed by atoms with Crippen LogP contribution in [0.3, 0.4) is 0 Å². The van der Waals surface area contributed by atoms with Gasteiger partial charge in [-0.25, -0.2) is 9.18 Å². The highest BCUT2D eigenvalue weighted by Crippen LogP contribution is 2.28. The van der Waals surface area contributed by atoms with Crippen molar-refractivity contribution in [3.63, 3.8) is 0 Å². The first-order valence-electron chi connectivity index (χ1n) is 7.97. The summed E-state index contributed by atoms with van der Waals surface area (Å²) in [5, 5.41) is 8.04. The van der Waals surface area contributed by atoms with E-state index in [0.717, 1.165) is 0 Å². The Morgan fingerprint density at radius 3 is 2.58 bits per heavy atom. The predicted octanol–water partition coefficient (Wildman–Crippen LogP) is 3.10. The molecule has 0 saturated carbocycles. The van der Waals surface area contributed by atoms with Crippen molar-refractivity contribution >= 4 is 17.6 Å². The van der Waals surface area contributed by atoms with E-state index in [1.54, 1.807) is 44.4 Å². The Morgan fingerprint density at radius 2 is 1.92 bits per heavy atom. The molecule has 2 aromatic carbocycles. The second-order valence-corrected chi connectivity index (χ2v) is 5.81. The molecular formula is C19H18FN3O3. The molecule has 0 fully saturated rings. The number of carbonyl (C=O) groups is 2. The van der Waals surface area contributed by atoms with Gasteiger partial charge in [0.05, 0.1) is 18.7 Å². The number of methoxy groups -OCH3 is 1. The van der Waals surface area contributed by atoms with Crippen LogP contribution in [0.4, 0.5) is 14.9 Å². The molecule has 1 aliphatic heterocycles. The highest BCUT2D eigenvalue weighted by atomic mass is 19.1. The van der Waals surface area contributed by atoms with E-state index >= 15 is 0 Å². The number of rotatable bonds is 4. The molecule has 1 unspecified atom stereocenters. The molecule has 134 valence electrons. The number of halogens is 1. The Morgan fingerprint density at radius 1 is 1.19 bits per heavy atom. The van der Waals surface area contributed by atoms with E-state index in [1.807, 2.05) is 0 Å². The number of amides is 3. The Bertz CT molecular complexity index is 878. The minimum Gasteiger partial charge on any atom is -0.497 e. The lowest BCUT2D eigenvalue weighted by atomic mass is 9.94. The van der Waals surface area contributed by atoms with E-state index in [2.05, 4.69) is 16.0 Å². The van der Waals surface area contributed by atoms with E-state index in [-0.39, 0.29) is 0 Å². The summed E-state index contributed by atoms with van der Waals surface area (Å²) in [4.78, 5) is 24.7. The maximum atomic E-state index is 13.6. The van der Waals surface area contributed by atoms with Crippen molar-refractivity contribution in [1.29, 1.82) is 0 Å². The quantitative estimate of drug-likeness (QED) is 0.788. The molecule has 0 bridgehead atoms. The molecule has 3 rings (SSSR count). The van der Waals surface area contributed by atoms with Crippen LogP contribution in [0, 0.1) is 5.82 Å². The zero-order chi connectivity index (χ0) is 18.7. The second-order valence-electron chi connectivity index (χ2n) is 5.81. The van der Waals surface area contributed by atoms with Gasteiger partial charge in [-0.1, -0.05) is 12.1 Å². The third-order valence-electron chi connectivity index (χ3n) is 4.04. The molecule has 1 aliphatic rings. The molecule has 6 nitrogen and oxygen atoms in total. The van der Waals surface area contributed by atoms with Gasteiger partial charge in [-0.05, 0) is 48.9 Å². The normalized spacial score (nSPS) is 16.6. The molecule has 2 aromatic rings. The predicted molar refractivity (Wildman–Crippen MR) is 95.1 cm³/mol. The maximum absolute atomic E-state index is 13.6. The van der Waals surface area contributed by atoms with Gasteiger partial charge in [0.25, 0.3) is 5.91 Å². The van der Waals surface area contributed by atoms with Crippen molar-refractivity contribution < 1.29 is 18.7 Å². The van der Waals surface area contributed by atoms with Crippen molar-refractivity contribution in [3.8, 4) is 5.75 Å². The Kier molecular flexibility index (Phi) is 4.88. The standard InChI is InChI=1S/C19H18FN3O3/c1-11-16(18(24)22-14-6-8-15(26-2)9-7-14)17(23-19(25)21-11)12-4-3-5-13(20)10-12/h3-10,17H,1-2H3,(H,22,24)(H2,21,23,25). The van der Waals surface area contributed by atoms with Gasteiger partial charge in [0.1, 0.15) is 11.6 Å². The number of allylic oxidation sites excluding steroid dienone is 1. The minimum absolute atomic E-state index is 0.311. The average molecular weight is 355 g/mol. The SMILES string of the molecule is COc1ccc(NC(=O)C2=C(C)NC(=O)NC2c2cccc(F)c2)cc1. The lowest BCUT2D eigenvalue weighted by Crippen LogP contribution is -2.46. The number of anilines is 1. The number of hydrogen-bond donors (Lipinski definition) is 3. The highest BCUT2D eigenvalue weighted by molar-refractivity contribution is 6.06. The van der Waals surface area contributed by atoms with Crippen LogP contribution < -0.4 is 20.7 Å². The Labute approximate surface area is 150 Å². The van der Waals surface area contributed by atoms with E-state index in [1.165, 1.54) is 18.2 Å². The summed E-state index contributed by atoms with van der Waals surface area (Å²) in [6, 6.07) is 11.5. The zero-order valence-corrected chi connectivity index (χ0v) is 14.3. The molecule has 1 heterocycles. The largest absolute Gasteiger partial charge is 0.497 e. The lowest BCUT2D eigenvalue weighted by Gasteiger charge is -2.28. The number of nitrogens with one attached hydrogen (secondary N) is 3. The van der Waals surface area contributed by atoms with E-state index in [0.29, 0.717) is 28.3 Å². The second kappa shape index (κ2) is 7.26. The highest BCUT2D eigenvalue weighted by Gasteiger charge is 2.31. The molecule has 26 heavy (non-hydrogen) atoms. The van der Waals surface area contributed by atoms with Gasteiger partial charge >= 0.3 is 6.03 Å². The topological polar surface area (TPSA) is 79.5 Å². The van der Waals surface area contributed by atoms with E-state index in [4.69, 9.17) is 4.74 Å². The fraction of sp³-hybridized carbons (Fsp3) is 0.158. The molecule has 1 atom stereocenters. The molecule has 3 amide bonds. The number of carbonyl (C=O) groups excluding carboxylic acids is 2. The average Bonchev–Trinajstić information content (AvgIpc) is 2.61.